The van der Waals surface area contributed by atoms with E-state index in [4.69, 9.17) is 21.7 Å². The van der Waals surface area contributed by atoms with Gasteiger partial charge in [-0.2, -0.15) is 0 Å². The van der Waals surface area contributed by atoms with Crippen LogP contribution in [0.15, 0.2) is 0 Å². The number of anilines is 1. The second-order valence-corrected chi connectivity index (χ2v) is 7.93. The Labute approximate surface area is 157 Å². The van der Waals surface area contributed by atoms with Gasteiger partial charge in [0, 0.05) is 13.1 Å². The lowest BCUT2D eigenvalue weighted by Gasteiger charge is -2.36. The maximum Gasteiger partial charge on any atom is 0.348 e. The van der Waals surface area contributed by atoms with Crippen LogP contribution >= 0.6 is 23.6 Å². The number of thiophene rings is 1. The molecule has 0 bridgehead atoms. The Morgan fingerprint density at radius 3 is 2.24 bits per heavy atom. The van der Waals surface area contributed by atoms with Crippen molar-refractivity contribution < 1.29 is 19.1 Å². The zero-order valence-corrected chi connectivity index (χ0v) is 16.8. The van der Waals surface area contributed by atoms with Crippen LogP contribution in [-0.2, 0) is 9.47 Å². The van der Waals surface area contributed by atoms with E-state index < -0.39 is 11.9 Å². The van der Waals surface area contributed by atoms with Crippen LogP contribution in [0.3, 0.4) is 0 Å². The summed E-state index contributed by atoms with van der Waals surface area (Å²) in [5, 5.41) is 4.22. The number of piperidine rings is 1. The van der Waals surface area contributed by atoms with Crippen molar-refractivity contribution in [2.45, 2.75) is 27.2 Å². The molecule has 1 aromatic rings. The zero-order chi connectivity index (χ0) is 18.7. The van der Waals surface area contributed by atoms with Gasteiger partial charge >= 0.3 is 11.9 Å². The molecule has 2 heterocycles. The van der Waals surface area contributed by atoms with Crippen LogP contribution in [0.5, 0.6) is 0 Å². The fourth-order valence-electron chi connectivity index (χ4n) is 3.24. The number of nitrogens with zero attached hydrogens (tertiary/aromatic N) is 1. The maximum atomic E-state index is 12.2. The molecule has 25 heavy (non-hydrogen) atoms. The van der Waals surface area contributed by atoms with E-state index in [0.29, 0.717) is 38.0 Å². The summed E-state index contributed by atoms with van der Waals surface area (Å²) in [5.74, 6) is 0.125. The molecule has 8 heteroatoms. The molecule has 1 saturated heterocycles. The van der Waals surface area contributed by atoms with Crippen LogP contribution in [-0.4, -0.2) is 49.3 Å². The number of carbonyl (C=O) groups is 2. The number of methoxy groups -OCH3 is 2. The Kier molecular flexibility index (Phi) is 6.40. The summed E-state index contributed by atoms with van der Waals surface area (Å²) >= 11 is 6.70. The number of carbonyl (C=O) groups excluding carboxylic acids is 2. The van der Waals surface area contributed by atoms with Gasteiger partial charge in [-0.1, -0.05) is 13.8 Å². The molecule has 1 aromatic heterocycles. The lowest BCUT2D eigenvalue weighted by molar-refractivity contribution is 0.0601. The topological polar surface area (TPSA) is 67.9 Å². The molecule has 6 nitrogen and oxygen atoms in total. The van der Waals surface area contributed by atoms with Gasteiger partial charge in [0.25, 0.3) is 0 Å². The van der Waals surface area contributed by atoms with Crippen molar-refractivity contribution >= 4 is 45.6 Å². The number of esters is 2. The van der Waals surface area contributed by atoms with Gasteiger partial charge in [-0.15, -0.1) is 11.3 Å². The van der Waals surface area contributed by atoms with Crippen LogP contribution in [0, 0.1) is 18.8 Å². The number of hydrogen-bond donors (Lipinski definition) is 1. The third-order valence-corrected chi connectivity index (χ3v) is 5.83. The first-order valence-electron chi connectivity index (χ1n) is 8.14. The molecule has 138 valence electrons. The quantitative estimate of drug-likeness (QED) is 0.633. The van der Waals surface area contributed by atoms with Gasteiger partial charge in [-0.25, -0.2) is 9.59 Å². The minimum absolute atomic E-state index is 0.327. The highest BCUT2D eigenvalue weighted by molar-refractivity contribution is 7.80. The van der Waals surface area contributed by atoms with E-state index in [0.717, 1.165) is 24.4 Å². The fourth-order valence-corrected chi connectivity index (χ4v) is 4.67. The first-order chi connectivity index (χ1) is 11.8. The van der Waals surface area contributed by atoms with Gasteiger partial charge in [0.15, 0.2) is 5.11 Å². The molecule has 0 aromatic carbocycles. The van der Waals surface area contributed by atoms with E-state index in [2.05, 4.69) is 24.1 Å². The zero-order valence-electron chi connectivity index (χ0n) is 15.2. The Morgan fingerprint density at radius 2 is 1.72 bits per heavy atom. The molecular weight excluding hydrogens is 360 g/mol. The normalized spacial score (nSPS) is 20.1. The van der Waals surface area contributed by atoms with Crippen molar-refractivity contribution in [3.63, 3.8) is 0 Å². The van der Waals surface area contributed by atoms with Crippen molar-refractivity contribution in [3.05, 3.63) is 16.0 Å². The average molecular weight is 385 g/mol. The monoisotopic (exact) mass is 384 g/mol. The van der Waals surface area contributed by atoms with Crippen LogP contribution in [0.4, 0.5) is 5.00 Å². The van der Waals surface area contributed by atoms with E-state index in [9.17, 15) is 9.59 Å². The van der Waals surface area contributed by atoms with Crippen molar-refractivity contribution in [1.29, 1.82) is 0 Å². The highest BCUT2D eigenvalue weighted by atomic mass is 32.1. The molecule has 0 radical (unpaired) electrons. The van der Waals surface area contributed by atoms with Gasteiger partial charge in [0.05, 0.1) is 19.8 Å². The molecule has 1 fully saturated rings. The lowest BCUT2D eigenvalue weighted by atomic mass is 9.92. The van der Waals surface area contributed by atoms with Gasteiger partial charge in [-0.05, 0) is 43.0 Å². The number of rotatable bonds is 3. The number of nitrogens with one attached hydrogen (secondary N) is 1. The number of likely N-dealkylation sites (tertiary alicyclic amines) is 1. The SMILES string of the molecule is COC(=O)c1sc(NC(=S)N2CC(C)CC(C)C2)c(C(=O)OC)c1C. The Bertz CT molecular complexity index is 676. The van der Waals surface area contributed by atoms with Gasteiger partial charge in [0.2, 0.25) is 0 Å². The average Bonchev–Trinajstić information content (AvgIpc) is 2.88. The van der Waals surface area contributed by atoms with Gasteiger partial charge < -0.3 is 19.7 Å². The summed E-state index contributed by atoms with van der Waals surface area (Å²) < 4.78 is 9.66. The van der Waals surface area contributed by atoms with Crippen LogP contribution < -0.4 is 5.32 Å². The summed E-state index contributed by atoms with van der Waals surface area (Å²) in [5.41, 5.74) is 0.864. The van der Waals surface area contributed by atoms with Gasteiger partial charge in [0.1, 0.15) is 9.88 Å². The first-order valence-corrected chi connectivity index (χ1v) is 9.36. The van der Waals surface area contributed by atoms with Crippen LogP contribution in [0.2, 0.25) is 0 Å². The molecule has 0 spiro atoms. The number of ether oxygens (including phenoxy) is 2. The molecule has 2 unspecified atom stereocenters. The largest absolute Gasteiger partial charge is 0.465 e. The molecule has 0 saturated carbocycles. The minimum Gasteiger partial charge on any atom is -0.465 e. The fraction of sp³-hybridized carbons (Fsp3) is 0.588. The number of thiocarbonyl (C=S) groups is 1. The Morgan fingerprint density at radius 1 is 1.16 bits per heavy atom. The molecule has 0 aliphatic carbocycles. The summed E-state index contributed by atoms with van der Waals surface area (Å²) in [4.78, 5) is 26.6. The van der Waals surface area contributed by atoms with E-state index in [1.54, 1.807) is 6.92 Å². The van der Waals surface area contributed by atoms with Crippen molar-refractivity contribution in [2.75, 3.05) is 32.6 Å². The molecule has 2 rings (SSSR count). The molecule has 1 aliphatic rings. The summed E-state index contributed by atoms with van der Waals surface area (Å²) in [6.45, 7) is 7.86. The second kappa shape index (κ2) is 8.14. The number of hydrogen-bond acceptors (Lipinski definition) is 6. The van der Waals surface area contributed by atoms with Gasteiger partial charge in [-0.3, -0.25) is 0 Å². The van der Waals surface area contributed by atoms with E-state index in [1.165, 1.54) is 20.6 Å². The van der Waals surface area contributed by atoms with E-state index in [1.807, 2.05) is 0 Å². The molecular formula is C17H24N2O4S2. The lowest BCUT2D eigenvalue weighted by Crippen LogP contribution is -2.44. The van der Waals surface area contributed by atoms with Crippen LogP contribution in [0.25, 0.3) is 0 Å². The highest BCUT2D eigenvalue weighted by Gasteiger charge is 2.28. The Hall–Kier alpha value is -1.67. The van der Waals surface area contributed by atoms with E-state index >= 15 is 0 Å². The van der Waals surface area contributed by atoms with Crippen molar-refractivity contribution in [2.24, 2.45) is 11.8 Å². The first kappa shape index (κ1) is 19.7. The third-order valence-electron chi connectivity index (χ3n) is 4.28. The summed E-state index contributed by atoms with van der Waals surface area (Å²) in [6, 6.07) is 0. The van der Waals surface area contributed by atoms with Crippen molar-refractivity contribution in [3.8, 4) is 0 Å². The predicted molar refractivity (Wildman–Crippen MR) is 102 cm³/mol. The second-order valence-electron chi connectivity index (χ2n) is 6.52. The summed E-state index contributed by atoms with van der Waals surface area (Å²) in [6.07, 6.45) is 1.18. The predicted octanol–water partition coefficient (Wildman–Crippen LogP) is 3.30. The minimum atomic E-state index is -0.505. The molecule has 2 atom stereocenters. The molecule has 1 aliphatic heterocycles. The maximum absolute atomic E-state index is 12.2. The van der Waals surface area contributed by atoms with Crippen LogP contribution in [0.1, 0.15) is 45.9 Å². The smallest absolute Gasteiger partial charge is 0.348 e. The van der Waals surface area contributed by atoms with E-state index in [-0.39, 0.29) is 0 Å². The highest BCUT2D eigenvalue weighted by Crippen LogP contribution is 2.34. The Balaban J connectivity index is 2.30. The standard InChI is InChI=1S/C17H24N2O4S2/c1-9-6-10(2)8-19(7-9)17(24)18-14-12(15(20)22-4)11(3)13(25-14)16(21)23-5/h9-10H,6-8H2,1-5H3,(H,18,24). The molecule has 0 amide bonds. The molecule has 1 N–H and O–H groups in total. The summed E-state index contributed by atoms with van der Waals surface area (Å²) in [7, 11) is 2.63. The third kappa shape index (κ3) is 4.30. The van der Waals surface area contributed by atoms with Crippen molar-refractivity contribution in [1.82, 2.24) is 4.90 Å².